The van der Waals surface area contributed by atoms with Gasteiger partial charge in [0.15, 0.2) is 0 Å². The first kappa shape index (κ1) is 15.9. The van der Waals surface area contributed by atoms with Gasteiger partial charge in [0.25, 0.3) is 0 Å². The maximum Gasteiger partial charge on any atom is 0.244 e. The third-order valence-corrected chi connectivity index (χ3v) is 6.19. The number of rotatable bonds is 3. The van der Waals surface area contributed by atoms with Gasteiger partial charge in [-0.3, -0.25) is 0 Å². The van der Waals surface area contributed by atoms with Crippen molar-refractivity contribution in [3.63, 3.8) is 0 Å². The van der Waals surface area contributed by atoms with Gasteiger partial charge in [0, 0.05) is 23.6 Å². The molecule has 1 aromatic carbocycles. The molecule has 2 N–H and O–H groups in total. The molecule has 0 bridgehead atoms. The van der Waals surface area contributed by atoms with Crippen LogP contribution < -0.4 is 5.73 Å². The van der Waals surface area contributed by atoms with Gasteiger partial charge in [-0.1, -0.05) is 6.07 Å². The molecule has 0 aliphatic carbocycles. The Balaban J connectivity index is 2.30. The summed E-state index contributed by atoms with van der Waals surface area (Å²) < 4.78 is 32.9. The molecular formula is C13H19BrN2O3S. The zero-order valence-electron chi connectivity index (χ0n) is 11.5. The molecule has 0 saturated carbocycles. The van der Waals surface area contributed by atoms with Gasteiger partial charge in [0.05, 0.1) is 17.6 Å². The van der Waals surface area contributed by atoms with Crippen LogP contribution in [-0.4, -0.2) is 44.6 Å². The minimum Gasteiger partial charge on any atom is -0.374 e. The zero-order valence-corrected chi connectivity index (χ0v) is 13.9. The second kappa shape index (κ2) is 6.11. The highest BCUT2D eigenvalue weighted by atomic mass is 79.9. The van der Waals surface area contributed by atoms with Crippen LogP contribution >= 0.6 is 15.9 Å². The smallest absolute Gasteiger partial charge is 0.244 e. The van der Waals surface area contributed by atoms with E-state index in [2.05, 4.69) is 15.9 Å². The number of sulfonamides is 1. The first-order valence-electron chi connectivity index (χ1n) is 6.46. The van der Waals surface area contributed by atoms with E-state index in [9.17, 15) is 8.42 Å². The number of halogens is 1. The highest BCUT2D eigenvalue weighted by Crippen LogP contribution is 2.27. The molecule has 0 radical (unpaired) electrons. The summed E-state index contributed by atoms with van der Waals surface area (Å²) in [7, 11) is -3.52. The lowest BCUT2D eigenvalue weighted by atomic mass is 10.2. The van der Waals surface area contributed by atoms with Gasteiger partial charge in [-0.2, -0.15) is 4.31 Å². The highest BCUT2D eigenvalue weighted by molar-refractivity contribution is 9.10. The van der Waals surface area contributed by atoms with E-state index in [4.69, 9.17) is 10.5 Å². The number of nitrogens with two attached hydrogens (primary N) is 1. The molecule has 2 rings (SSSR count). The van der Waals surface area contributed by atoms with Crippen molar-refractivity contribution in [2.24, 2.45) is 5.73 Å². The molecule has 0 amide bonds. The molecule has 2 unspecified atom stereocenters. The van der Waals surface area contributed by atoms with Gasteiger partial charge < -0.3 is 10.5 Å². The van der Waals surface area contributed by atoms with Crippen LogP contribution in [0, 0.1) is 6.92 Å². The minimum absolute atomic E-state index is 0.200. The van der Waals surface area contributed by atoms with Crippen molar-refractivity contribution in [3.05, 3.63) is 28.2 Å². The molecule has 1 aliphatic rings. The van der Waals surface area contributed by atoms with Crippen LogP contribution in [0.4, 0.5) is 0 Å². The first-order valence-corrected chi connectivity index (χ1v) is 8.69. The monoisotopic (exact) mass is 362 g/mol. The molecule has 1 aromatic rings. The van der Waals surface area contributed by atoms with Gasteiger partial charge in [-0.25, -0.2) is 8.42 Å². The normalized spacial score (nSPS) is 22.7. The Hall–Kier alpha value is -0.470. The average Bonchev–Trinajstić information content (AvgIpc) is 2.38. The molecule has 1 heterocycles. The average molecular weight is 363 g/mol. The largest absolute Gasteiger partial charge is 0.374 e. The van der Waals surface area contributed by atoms with Crippen LogP contribution in [0.15, 0.2) is 27.6 Å². The summed E-state index contributed by atoms with van der Waals surface area (Å²) in [6, 6.07) is 5.03. The van der Waals surface area contributed by atoms with Crippen LogP contribution in [0.2, 0.25) is 0 Å². The number of hydrogen-bond acceptors (Lipinski definition) is 4. The maximum atomic E-state index is 12.7. The quantitative estimate of drug-likeness (QED) is 0.883. The Morgan fingerprint density at radius 2 is 2.20 bits per heavy atom. The molecule has 2 atom stereocenters. The van der Waals surface area contributed by atoms with E-state index in [0.29, 0.717) is 24.2 Å². The minimum atomic E-state index is -3.52. The van der Waals surface area contributed by atoms with Gasteiger partial charge >= 0.3 is 0 Å². The van der Waals surface area contributed by atoms with Crippen molar-refractivity contribution in [2.45, 2.75) is 30.9 Å². The van der Waals surface area contributed by atoms with E-state index < -0.39 is 10.0 Å². The Morgan fingerprint density at radius 1 is 1.50 bits per heavy atom. The van der Waals surface area contributed by atoms with Gasteiger partial charge in [0.1, 0.15) is 0 Å². The third kappa shape index (κ3) is 3.23. The van der Waals surface area contributed by atoms with E-state index in [1.54, 1.807) is 18.2 Å². The number of aryl methyl sites for hydroxylation is 1. The van der Waals surface area contributed by atoms with Crippen molar-refractivity contribution in [1.29, 1.82) is 0 Å². The molecule has 0 spiro atoms. The fraction of sp³-hybridized carbons (Fsp3) is 0.538. The van der Waals surface area contributed by atoms with Gasteiger partial charge in [-0.15, -0.1) is 0 Å². The van der Waals surface area contributed by atoms with Gasteiger partial charge in [-0.05, 0) is 47.5 Å². The van der Waals surface area contributed by atoms with Crippen molar-refractivity contribution in [1.82, 2.24) is 4.31 Å². The Labute approximate surface area is 128 Å². The summed E-state index contributed by atoms with van der Waals surface area (Å²) >= 11 is 3.33. The number of morpholine rings is 1. The van der Waals surface area contributed by atoms with Crippen molar-refractivity contribution in [3.8, 4) is 0 Å². The van der Waals surface area contributed by atoms with Crippen LogP contribution in [0.3, 0.4) is 0 Å². The molecule has 20 heavy (non-hydrogen) atoms. The van der Waals surface area contributed by atoms with Crippen molar-refractivity contribution in [2.75, 3.05) is 19.7 Å². The molecule has 5 nitrogen and oxygen atoms in total. The number of hydrogen-bond donors (Lipinski definition) is 1. The van der Waals surface area contributed by atoms with E-state index in [0.717, 1.165) is 5.56 Å². The molecule has 1 saturated heterocycles. The second-order valence-corrected chi connectivity index (χ2v) is 7.83. The topological polar surface area (TPSA) is 72.6 Å². The highest BCUT2D eigenvalue weighted by Gasteiger charge is 2.33. The predicted molar refractivity (Wildman–Crippen MR) is 81.0 cm³/mol. The van der Waals surface area contributed by atoms with E-state index in [1.165, 1.54) is 4.31 Å². The fourth-order valence-corrected chi connectivity index (χ4v) is 4.73. The molecule has 112 valence electrons. The number of nitrogens with zero attached hydrogens (tertiary/aromatic N) is 1. The summed E-state index contributed by atoms with van der Waals surface area (Å²) in [4.78, 5) is 0.286. The van der Waals surface area contributed by atoms with Gasteiger partial charge in [0.2, 0.25) is 10.0 Å². The number of ether oxygens (including phenoxy) is 1. The van der Waals surface area contributed by atoms with Crippen LogP contribution in [0.1, 0.15) is 12.5 Å². The second-order valence-electron chi connectivity index (χ2n) is 5.07. The Kier molecular flexibility index (Phi) is 4.86. The molecule has 7 heteroatoms. The summed E-state index contributed by atoms with van der Waals surface area (Å²) in [6.45, 7) is 4.76. The lowest BCUT2D eigenvalue weighted by molar-refractivity contribution is -0.0120. The van der Waals surface area contributed by atoms with Crippen molar-refractivity contribution < 1.29 is 13.2 Å². The summed E-state index contributed by atoms with van der Waals surface area (Å²) in [5.74, 6) is 0. The predicted octanol–water partition coefficient (Wildman–Crippen LogP) is 1.49. The SMILES string of the molecule is Cc1ccc(S(=O)(=O)N2CCOC(C(C)N)C2)c(Br)c1. The molecular weight excluding hydrogens is 344 g/mol. The number of benzene rings is 1. The van der Waals surface area contributed by atoms with Crippen LogP contribution in [0.25, 0.3) is 0 Å². The third-order valence-electron chi connectivity index (χ3n) is 3.35. The Bertz CT molecular complexity index is 589. The summed E-state index contributed by atoms with van der Waals surface area (Å²) in [5, 5.41) is 0. The van der Waals surface area contributed by atoms with E-state index >= 15 is 0 Å². The van der Waals surface area contributed by atoms with Crippen LogP contribution in [-0.2, 0) is 14.8 Å². The molecule has 0 aromatic heterocycles. The summed E-state index contributed by atoms with van der Waals surface area (Å²) in [6.07, 6.45) is -0.261. The zero-order chi connectivity index (χ0) is 14.9. The first-order chi connectivity index (χ1) is 9.32. The van der Waals surface area contributed by atoms with Crippen LogP contribution in [0.5, 0.6) is 0 Å². The lowest BCUT2D eigenvalue weighted by Gasteiger charge is -2.34. The summed E-state index contributed by atoms with van der Waals surface area (Å²) in [5.41, 5.74) is 6.81. The lowest BCUT2D eigenvalue weighted by Crippen LogP contribution is -2.51. The molecule has 1 fully saturated rings. The van der Waals surface area contributed by atoms with Crippen molar-refractivity contribution >= 4 is 26.0 Å². The Morgan fingerprint density at radius 3 is 2.80 bits per heavy atom. The maximum absolute atomic E-state index is 12.7. The standard InChI is InChI=1S/C13H19BrN2O3S/c1-9-3-4-13(11(14)7-9)20(17,18)16-5-6-19-12(8-16)10(2)15/h3-4,7,10,12H,5-6,8,15H2,1-2H3. The van der Waals surface area contributed by atoms with E-state index in [-0.39, 0.29) is 17.0 Å². The van der Waals surface area contributed by atoms with E-state index in [1.807, 2.05) is 13.8 Å². The molecule has 1 aliphatic heterocycles. The fourth-order valence-electron chi connectivity index (χ4n) is 2.14.